The Morgan fingerprint density at radius 1 is 1.07 bits per heavy atom. The van der Waals surface area contributed by atoms with Crippen molar-refractivity contribution in [2.24, 2.45) is 5.41 Å². The number of fused-ring (bicyclic) bond motifs is 1. The molecule has 1 N–H and O–H groups in total. The van der Waals surface area contributed by atoms with Crippen LogP contribution in [0.3, 0.4) is 0 Å². The van der Waals surface area contributed by atoms with Crippen LogP contribution in [-0.2, 0) is 24.1 Å². The van der Waals surface area contributed by atoms with Crippen molar-refractivity contribution in [1.82, 2.24) is 29.1 Å². The second kappa shape index (κ2) is 10.3. The van der Waals surface area contributed by atoms with Gasteiger partial charge in [0.2, 0.25) is 5.91 Å². The van der Waals surface area contributed by atoms with Crippen LogP contribution < -0.4 is 16.1 Å². The molecule has 41 heavy (non-hydrogen) atoms. The molecule has 0 unspecified atom stereocenters. The fourth-order valence-corrected chi connectivity index (χ4v) is 4.57. The summed E-state index contributed by atoms with van der Waals surface area (Å²) < 4.78 is 41.7. The Hall–Kier alpha value is -4.29. The van der Waals surface area contributed by atoms with Crippen molar-refractivity contribution in [3.05, 3.63) is 68.8 Å². The quantitative estimate of drug-likeness (QED) is 0.345. The fourth-order valence-electron chi connectivity index (χ4n) is 4.57. The van der Waals surface area contributed by atoms with Gasteiger partial charge in [-0.2, -0.15) is 13.2 Å². The monoisotopic (exact) mass is 569 g/mol. The first-order chi connectivity index (χ1) is 19.3. The van der Waals surface area contributed by atoms with Gasteiger partial charge in [0.25, 0.3) is 5.56 Å². The van der Waals surface area contributed by atoms with Gasteiger partial charge in [-0.15, -0.1) is 0 Å². The van der Waals surface area contributed by atoms with Gasteiger partial charge in [0.05, 0.1) is 6.54 Å². The molecule has 0 aromatic carbocycles. The molecule has 0 aliphatic heterocycles. The lowest BCUT2D eigenvalue weighted by atomic mass is 9.94. The summed E-state index contributed by atoms with van der Waals surface area (Å²) in [5.41, 5.74) is -1.15. The van der Waals surface area contributed by atoms with Crippen LogP contribution in [0, 0.1) is 5.41 Å². The van der Waals surface area contributed by atoms with Gasteiger partial charge in [0.1, 0.15) is 22.9 Å². The summed E-state index contributed by atoms with van der Waals surface area (Å²) in [5.74, 6) is 0.337. The third-order valence-electron chi connectivity index (χ3n) is 6.81. The average molecular weight is 570 g/mol. The molecule has 1 aliphatic carbocycles. The molecule has 4 aromatic rings. The topological polar surface area (TPSA) is 119 Å². The number of aryl methyl sites for hydroxylation is 1. The van der Waals surface area contributed by atoms with Crippen LogP contribution in [0.4, 0.5) is 19.0 Å². The molecule has 0 atom stereocenters. The lowest BCUT2D eigenvalue weighted by Crippen LogP contribution is -2.39. The zero-order valence-corrected chi connectivity index (χ0v) is 23.1. The van der Waals surface area contributed by atoms with Gasteiger partial charge in [-0.05, 0) is 43.0 Å². The lowest BCUT2D eigenvalue weighted by Gasteiger charge is -2.29. The second-order valence-electron chi connectivity index (χ2n) is 11.2. The van der Waals surface area contributed by atoms with E-state index in [1.165, 1.54) is 26.3 Å². The first kappa shape index (κ1) is 28.2. The molecule has 5 rings (SSSR count). The van der Waals surface area contributed by atoms with Crippen LogP contribution in [0.2, 0.25) is 0 Å². The number of hydrogen-bond acceptors (Lipinski definition) is 6. The van der Waals surface area contributed by atoms with Crippen molar-refractivity contribution >= 4 is 22.9 Å². The Balaban J connectivity index is 1.50. The smallest absolute Gasteiger partial charge is 0.332 e. The number of carbonyl (C=O) groups is 1. The molecular formula is C28H30F3N7O3. The molecular weight excluding hydrogens is 539 g/mol. The minimum Gasteiger partial charge on any atom is -0.332 e. The van der Waals surface area contributed by atoms with E-state index in [2.05, 4.69) is 19.9 Å². The number of anilines is 1. The van der Waals surface area contributed by atoms with Crippen LogP contribution >= 0.6 is 0 Å². The summed E-state index contributed by atoms with van der Waals surface area (Å²) in [6.07, 6.45) is 0.268. The third kappa shape index (κ3) is 5.52. The Bertz CT molecular complexity index is 1710. The molecule has 1 amide bonds. The molecule has 13 heteroatoms. The maximum absolute atomic E-state index is 13.3. The molecule has 10 nitrogen and oxygen atoms in total. The third-order valence-corrected chi connectivity index (χ3v) is 6.81. The van der Waals surface area contributed by atoms with Gasteiger partial charge in [0, 0.05) is 36.0 Å². The number of hydrogen-bond donors (Lipinski definition) is 1. The number of alkyl halides is 3. The van der Waals surface area contributed by atoms with E-state index in [0.29, 0.717) is 29.9 Å². The van der Waals surface area contributed by atoms with Crippen LogP contribution in [0.15, 0.2) is 46.2 Å². The van der Waals surface area contributed by atoms with Crippen LogP contribution in [0.1, 0.15) is 64.3 Å². The fraction of sp³-hybridized carbons (Fsp3) is 0.429. The van der Waals surface area contributed by atoms with Gasteiger partial charge in [0.15, 0.2) is 5.65 Å². The number of aromatic nitrogens is 6. The van der Waals surface area contributed by atoms with Gasteiger partial charge in [-0.1, -0.05) is 33.8 Å². The Labute approximate surface area is 232 Å². The van der Waals surface area contributed by atoms with Crippen LogP contribution in [0.5, 0.6) is 0 Å². The first-order valence-electron chi connectivity index (χ1n) is 13.3. The molecule has 0 bridgehead atoms. The maximum Gasteiger partial charge on any atom is 0.433 e. The highest BCUT2D eigenvalue weighted by Crippen LogP contribution is 2.33. The molecule has 0 radical (unpaired) electrons. The molecule has 4 aromatic heterocycles. The van der Waals surface area contributed by atoms with E-state index < -0.39 is 22.8 Å². The van der Waals surface area contributed by atoms with E-state index in [0.717, 1.165) is 25.1 Å². The highest BCUT2D eigenvalue weighted by Gasteiger charge is 2.33. The molecule has 4 heterocycles. The Morgan fingerprint density at radius 2 is 1.80 bits per heavy atom. The maximum atomic E-state index is 13.3. The average Bonchev–Trinajstić information content (AvgIpc) is 3.65. The van der Waals surface area contributed by atoms with E-state index in [-0.39, 0.29) is 41.2 Å². The Kier molecular flexibility index (Phi) is 7.08. The number of aromatic amines is 1. The van der Waals surface area contributed by atoms with E-state index in [4.69, 9.17) is 0 Å². The Morgan fingerprint density at radius 3 is 2.34 bits per heavy atom. The van der Waals surface area contributed by atoms with E-state index in [1.54, 1.807) is 32.9 Å². The second-order valence-corrected chi connectivity index (χ2v) is 11.2. The summed E-state index contributed by atoms with van der Waals surface area (Å²) in [7, 11) is 0. The predicted molar refractivity (Wildman–Crippen MR) is 146 cm³/mol. The van der Waals surface area contributed by atoms with Gasteiger partial charge in [-0.3, -0.25) is 28.6 Å². The number of halogens is 3. The summed E-state index contributed by atoms with van der Waals surface area (Å²) in [6, 6.07) is 5.34. The molecule has 1 aliphatic rings. The molecule has 0 saturated heterocycles. The zero-order chi connectivity index (χ0) is 29.7. The number of rotatable bonds is 7. The summed E-state index contributed by atoms with van der Waals surface area (Å²) in [5, 5.41) is 0. The number of H-pyrrole nitrogens is 1. The SMILES string of the molecule is CCCn1c(=O)n(C2CC2)c(=O)c2[nH]c(-c3ccc(N(Cc4ccc(C(F)(F)F)nc4)C(=O)C(C)(C)C)nc3)nc21. The number of carbonyl (C=O) groups excluding carboxylic acids is 1. The highest BCUT2D eigenvalue weighted by molar-refractivity contribution is 5.96. The highest BCUT2D eigenvalue weighted by atomic mass is 19.4. The van der Waals surface area contributed by atoms with E-state index in [1.807, 2.05) is 6.92 Å². The molecule has 1 fully saturated rings. The van der Waals surface area contributed by atoms with E-state index in [9.17, 15) is 27.6 Å². The standard InChI is InChI=1S/C28H30F3N7O3/c1-5-12-36-23-21(24(39)38(26(36)41)18-8-9-18)34-22(35-23)17-7-11-20(33-14-17)37(25(40)27(2,3)4)15-16-6-10-19(32-13-16)28(29,30)31/h6-7,10-11,13-14,18H,5,8-9,12,15H2,1-4H3,(H,34,35). The van der Waals surface area contributed by atoms with Gasteiger partial charge in [-0.25, -0.2) is 14.8 Å². The minimum atomic E-state index is -4.57. The van der Waals surface area contributed by atoms with Crippen molar-refractivity contribution in [2.75, 3.05) is 4.90 Å². The van der Waals surface area contributed by atoms with Gasteiger partial charge < -0.3 is 4.98 Å². The number of nitrogens with one attached hydrogen (secondary N) is 1. The summed E-state index contributed by atoms with van der Waals surface area (Å²) in [6.45, 7) is 7.52. The minimum absolute atomic E-state index is 0.0395. The number of pyridine rings is 2. The summed E-state index contributed by atoms with van der Waals surface area (Å²) >= 11 is 0. The molecule has 216 valence electrons. The van der Waals surface area contributed by atoms with Crippen LogP contribution in [0.25, 0.3) is 22.6 Å². The van der Waals surface area contributed by atoms with Crippen molar-refractivity contribution in [3.8, 4) is 11.4 Å². The van der Waals surface area contributed by atoms with Crippen molar-refractivity contribution < 1.29 is 18.0 Å². The van der Waals surface area contributed by atoms with Gasteiger partial charge >= 0.3 is 11.9 Å². The lowest BCUT2D eigenvalue weighted by molar-refractivity contribution is -0.141. The largest absolute Gasteiger partial charge is 0.433 e. The van der Waals surface area contributed by atoms with Crippen molar-refractivity contribution in [1.29, 1.82) is 0 Å². The molecule has 1 saturated carbocycles. The number of amides is 1. The number of imidazole rings is 1. The van der Waals surface area contributed by atoms with Crippen molar-refractivity contribution in [3.63, 3.8) is 0 Å². The first-order valence-corrected chi connectivity index (χ1v) is 13.3. The predicted octanol–water partition coefficient (Wildman–Crippen LogP) is 4.69. The molecule has 0 spiro atoms. The van der Waals surface area contributed by atoms with Crippen molar-refractivity contribution in [2.45, 2.75) is 72.3 Å². The van der Waals surface area contributed by atoms with E-state index >= 15 is 0 Å². The normalized spacial score (nSPS) is 14.0. The summed E-state index contributed by atoms with van der Waals surface area (Å²) in [4.78, 5) is 56.5. The number of nitrogens with zero attached hydrogens (tertiary/aromatic N) is 6. The van der Waals surface area contributed by atoms with Crippen LogP contribution in [-0.4, -0.2) is 35.0 Å². The zero-order valence-electron chi connectivity index (χ0n) is 23.1.